The van der Waals surface area contributed by atoms with Gasteiger partial charge in [-0.2, -0.15) is 13.2 Å². The lowest BCUT2D eigenvalue weighted by molar-refractivity contribution is -0.137. The van der Waals surface area contributed by atoms with Crippen molar-refractivity contribution in [3.8, 4) is 5.75 Å². The number of halogens is 4. The Morgan fingerprint density at radius 3 is 2.32 bits per heavy atom. The summed E-state index contributed by atoms with van der Waals surface area (Å²) in [7, 11) is 0. The van der Waals surface area contributed by atoms with Crippen molar-refractivity contribution in [2.24, 2.45) is 0 Å². The second kappa shape index (κ2) is 5.30. The standard InChI is InChI=1S/C14H9F4O/c15-12-3-1-2-4-13(12)19-9-10-5-7-11(8-6-10)14(16,17)18/h1-3,5-8H,9H2. The summed E-state index contributed by atoms with van der Waals surface area (Å²) in [5, 5.41) is 0. The lowest BCUT2D eigenvalue weighted by Crippen LogP contribution is -2.05. The fourth-order valence-electron chi connectivity index (χ4n) is 1.46. The van der Waals surface area contributed by atoms with Crippen LogP contribution in [0.25, 0.3) is 0 Å². The average molecular weight is 269 g/mol. The molecule has 0 bridgehead atoms. The SMILES string of the molecule is Fc1ccc[c]c1OCc1ccc(C(F)(F)F)cc1. The van der Waals surface area contributed by atoms with Gasteiger partial charge >= 0.3 is 6.18 Å². The monoisotopic (exact) mass is 269 g/mol. The molecule has 19 heavy (non-hydrogen) atoms. The van der Waals surface area contributed by atoms with Gasteiger partial charge in [0.2, 0.25) is 0 Å². The first-order valence-corrected chi connectivity index (χ1v) is 5.42. The Morgan fingerprint density at radius 2 is 1.74 bits per heavy atom. The molecule has 2 aromatic carbocycles. The molecule has 0 amide bonds. The summed E-state index contributed by atoms with van der Waals surface area (Å²) in [6.45, 7) is -0.0183. The van der Waals surface area contributed by atoms with Crippen LogP contribution in [0.3, 0.4) is 0 Å². The Kier molecular flexibility index (Phi) is 3.74. The Hall–Kier alpha value is -2.04. The molecule has 0 heterocycles. The van der Waals surface area contributed by atoms with Crippen LogP contribution in [-0.4, -0.2) is 0 Å². The Labute approximate surface area is 107 Å². The van der Waals surface area contributed by atoms with E-state index < -0.39 is 17.6 Å². The topological polar surface area (TPSA) is 9.23 Å². The highest BCUT2D eigenvalue weighted by Gasteiger charge is 2.29. The highest BCUT2D eigenvalue weighted by molar-refractivity contribution is 5.26. The van der Waals surface area contributed by atoms with Crippen LogP contribution < -0.4 is 4.74 Å². The van der Waals surface area contributed by atoms with Crippen molar-refractivity contribution in [3.05, 3.63) is 65.5 Å². The van der Waals surface area contributed by atoms with Gasteiger partial charge in [-0.25, -0.2) is 4.39 Å². The third-order valence-electron chi connectivity index (χ3n) is 2.43. The number of benzene rings is 2. The number of rotatable bonds is 3. The molecule has 5 heteroatoms. The smallest absolute Gasteiger partial charge is 0.416 e. The van der Waals surface area contributed by atoms with Crippen LogP contribution in [0.1, 0.15) is 11.1 Å². The number of alkyl halides is 3. The molecule has 1 nitrogen and oxygen atoms in total. The van der Waals surface area contributed by atoms with E-state index in [4.69, 9.17) is 4.74 Å². The molecule has 0 aliphatic rings. The largest absolute Gasteiger partial charge is 0.485 e. The van der Waals surface area contributed by atoms with E-state index in [2.05, 4.69) is 6.07 Å². The van der Waals surface area contributed by atoms with E-state index in [1.165, 1.54) is 30.3 Å². The van der Waals surface area contributed by atoms with Gasteiger partial charge in [-0.15, -0.1) is 0 Å². The first-order valence-electron chi connectivity index (χ1n) is 5.42. The lowest BCUT2D eigenvalue weighted by Gasteiger charge is -2.09. The van der Waals surface area contributed by atoms with Crippen molar-refractivity contribution in [2.75, 3.05) is 0 Å². The number of hydrogen-bond acceptors (Lipinski definition) is 1. The molecule has 0 aliphatic carbocycles. The third-order valence-corrected chi connectivity index (χ3v) is 2.43. The molecule has 0 N–H and O–H groups in total. The van der Waals surface area contributed by atoms with Gasteiger partial charge in [-0.05, 0) is 23.8 Å². The third kappa shape index (κ3) is 3.47. The highest BCUT2D eigenvalue weighted by Crippen LogP contribution is 2.29. The second-order valence-electron chi connectivity index (χ2n) is 3.83. The predicted octanol–water partition coefficient (Wildman–Crippen LogP) is 4.22. The van der Waals surface area contributed by atoms with E-state index in [0.717, 1.165) is 12.1 Å². The molecule has 0 spiro atoms. The predicted molar refractivity (Wildman–Crippen MR) is 61.0 cm³/mol. The van der Waals surface area contributed by atoms with Crippen LogP contribution in [0.2, 0.25) is 0 Å². The van der Waals surface area contributed by atoms with Crippen LogP contribution >= 0.6 is 0 Å². The summed E-state index contributed by atoms with van der Waals surface area (Å²) in [5.41, 5.74) is -0.210. The van der Waals surface area contributed by atoms with Crippen LogP contribution in [0.15, 0.2) is 42.5 Å². The van der Waals surface area contributed by atoms with E-state index in [0.29, 0.717) is 5.56 Å². The van der Waals surface area contributed by atoms with Gasteiger partial charge in [-0.1, -0.05) is 24.3 Å². The maximum Gasteiger partial charge on any atom is 0.416 e. The van der Waals surface area contributed by atoms with Gasteiger partial charge < -0.3 is 4.74 Å². The minimum atomic E-state index is -4.36. The maximum atomic E-state index is 13.2. The molecule has 1 radical (unpaired) electrons. The van der Waals surface area contributed by atoms with Crippen molar-refractivity contribution in [2.45, 2.75) is 12.8 Å². The van der Waals surface area contributed by atoms with Crippen LogP contribution in [0.4, 0.5) is 17.6 Å². The van der Waals surface area contributed by atoms with E-state index >= 15 is 0 Å². The molecule has 2 rings (SSSR count). The fraction of sp³-hybridized carbons (Fsp3) is 0.143. The van der Waals surface area contributed by atoms with E-state index in [1.54, 1.807) is 0 Å². The maximum absolute atomic E-state index is 13.2. The summed E-state index contributed by atoms with van der Waals surface area (Å²) in [6.07, 6.45) is -4.36. The Morgan fingerprint density at radius 1 is 1.05 bits per heavy atom. The average Bonchev–Trinajstić information content (AvgIpc) is 2.37. The van der Waals surface area contributed by atoms with Crippen molar-refractivity contribution in [1.29, 1.82) is 0 Å². The Bertz CT molecular complexity index is 546. The summed E-state index contributed by atoms with van der Waals surface area (Å²) in [5.74, 6) is -0.614. The molecule has 0 aliphatic heterocycles. The van der Waals surface area contributed by atoms with Gasteiger partial charge in [0.15, 0.2) is 11.6 Å². The lowest BCUT2D eigenvalue weighted by atomic mass is 10.1. The van der Waals surface area contributed by atoms with E-state index in [1.807, 2.05) is 0 Å². The van der Waals surface area contributed by atoms with Gasteiger partial charge in [-0.3, -0.25) is 0 Å². The zero-order valence-electron chi connectivity index (χ0n) is 9.67. The van der Waals surface area contributed by atoms with Crippen molar-refractivity contribution >= 4 is 0 Å². The van der Waals surface area contributed by atoms with Gasteiger partial charge in [0.05, 0.1) is 5.56 Å². The molecule has 0 saturated carbocycles. The zero-order chi connectivity index (χ0) is 13.9. The van der Waals surface area contributed by atoms with Gasteiger partial charge in [0.25, 0.3) is 0 Å². The Balaban J connectivity index is 2.03. The first-order chi connectivity index (χ1) is 8.97. The molecular formula is C14H9F4O. The van der Waals surface area contributed by atoms with Gasteiger partial charge in [0.1, 0.15) is 6.61 Å². The van der Waals surface area contributed by atoms with Crippen LogP contribution in [-0.2, 0) is 12.8 Å². The number of hydrogen-bond donors (Lipinski definition) is 0. The molecule has 0 aromatic heterocycles. The minimum Gasteiger partial charge on any atom is -0.485 e. The normalized spacial score (nSPS) is 11.4. The second-order valence-corrected chi connectivity index (χ2v) is 3.83. The minimum absolute atomic E-state index is 0.0183. The molecular weight excluding hydrogens is 260 g/mol. The molecule has 0 unspecified atom stereocenters. The zero-order valence-corrected chi connectivity index (χ0v) is 9.67. The van der Waals surface area contributed by atoms with E-state index in [9.17, 15) is 17.6 Å². The van der Waals surface area contributed by atoms with Crippen molar-refractivity contribution < 1.29 is 22.3 Å². The number of para-hydroxylation sites is 1. The molecule has 0 atom stereocenters. The fourth-order valence-corrected chi connectivity index (χ4v) is 1.46. The summed E-state index contributed by atoms with van der Waals surface area (Å²) in [6, 6.07) is 11.3. The molecule has 0 saturated heterocycles. The van der Waals surface area contributed by atoms with E-state index in [-0.39, 0.29) is 12.4 Å². The number of ether oxygens (including phenoxy) is 1. The highest BCUT2D eigenvalue weighted by atomic mass is 19.4. The molecule has 99 valence electrons. The quantitative estimate of drug-likeness (QED) is 0.758. The summed E-state index contributed by atoms with van der Waals surface area (Å²) in [4.78, 5) is 0. The van der Waals surface area contributed by atoms with Crippen molar-refractivity contribution in [1.82, 2.24) is 0 Å². The summed E-state index contributed by atoms with van der Waals surface area (Å²) < 4.78 is 55.4. The van der Waals surface area contributed by atoms with Crippen LogP contribution in [0, 0.1) is 11.9 Å². The van der Waals surface area contributed by atoms with Crippen molar-refractivity contribution in [3.63, 3.8) is 0 Å². The molecule has 2 aromatic rings. The van der Waals surface area contributed by atoms with Crippen LogP contribution in [0.5, 0.6) is 5.75 Å². The first kappa shape index (κ1) is 13.4. The molecule has 0 fully saturated rings. The summed E-state index contributed by atoms with van der Waals surface area (Å²) >= 11 is 0. The van der Waals surface area contributed by atoms with Gasteiger partial charge in [0, 0.05) is 6.07 Å².